The van der Waals surface area contributed by atoms with Crippen molar-refractivity contribution in [2.24, 2.45) is 0 Å². The summed E-state index contributed by atoms with van der Waals surface area (Å²) in [5.41, 5.74) is 0.672. The second-order valence-electron chi connectivity index (χ2n) is 2.22. The molecule has 0 fully saturated rings. The highest BCUT2D eigenvalue weighted by molar-refractivity contribution is 5.13. The summed E-state index contributed by atoms with van der Waals surface area (Å²) in [6.45, 7) is 0.548. The maximum absolute atomic E-state index is 12.5. The molecule has 0 bridgehead atoms. The molecular weight excluding hydrogens is 155 g/mol. The third-order valence-corrected chi connectivity index (χ3v) is 1.26. The summed E-state index contributed by atoms with van der Waals surface area (Å²) in [7, 11) is 0. The van der Waals surface area contributed by atoms with Crippen molar-refractivity contribution in [3.8, 4) is 12.3 Å². The Morgan fingerprint density at radius 3 is 3.08 bits per heavy atom. The Labute approximate surface area is 71.2 Å². The standard InChI is InChI=1S/C10H8FO/c1-2-6-12-8-9-4-3-5-10(11)7-9/h1,3-5H,6,8H2. The molecule has 0 amide bonds. The highest BCUT2D eigenvalue weighted by Gasteiger charge is 1.94. The summed E-state index contributed by atoms with van der Waals surface area (Å²) in [5, 5.41) is 0. The van der Waals surface area contributed by atoms with Gasteiger partial charge < -0.3 is 4.74 Å². The van der Waals surface area contributed by atoms with Crippen LogP contribution in [0.1, 0.15) is 5.56 Å². The van der Waals surface area contributed by atoms with Crippen molar-refractivity contribution in [3.63, 3.8) is 0 Å². The molecule has 1 radical (unpaired) electrons. The molecule has 1 aromatic rings. The number of ether oxygens (including phenoxy) is 1. The van der Waals surface area contributed by atoms with Crippen molar-refractivity contribution in [1.82, 2.24) is 0 Å². The maximum atomic E-state index is 12.5. The smallest absolute Gasteiger partial charge is 0.131 e. The lowest BCUT2D eigenvalue weighted by molar-refractivity contribution is 0.153. The molecule has 0 aliphatic carbocycles. The van der Waals surface area contributed by atoms with Gasteiger partial charge in [0.25, 0.3) is 0 Å². The lowest BCUT2D eigenvalue weighted by atomic mass is 10.2. The first-order valence-electron chi connectivity index (χ1n) is 3.51. The van der Waals surface area contributed by atoms with Crippen LogP contribution in [0, 0.1) is 24.2 Å². The molecule has 0 aliphatic rings. The SMILES string of the molecule is C#CCOCc1[c]c(F)ccc1. The Kier molecular flexibility index (Phi) is 3.31. The second kappa shape index (κ2) is 4.53. The van der Waals surface area contributed by atoms with Crippen LogP contribution < -0.4 is 0 Å². The van der Waals surface area contributed by atoms with Gasteiger partial charge >= 0.3 is 0 Å². The highest BCUT2D eigenvalue weighted by Crippen LogP contribution is 2.03. The predicted molar refractivity (Wildman–Crippen MR) is 43.7 cm³/mol. The number of halogens is 1. The Balaban J connectivity index is 2.48. The van der Waals surface area contributed by atoms with Gasteiger partial charge in [-0.3, -0.25) is 0 Å². The van der Waals surface area contributed by atoms with Crippen LogP contribution in [0.2, 0.25) is 0 Å². The van der Waals surface area contributed by atoms with Crippen LogP contribution in [0.3, 0.4) is 0 Å². The lowest BCUT2D eigenvalue weighted by Gasteiger charge is -1.99. The molecule has 1 rings (SSSR count). The van der Waals surface area contributed by atoms with Gasteiger partial charge in [-0.05, 0) is 11.6 Å². The third kappa shape index (κ3) is 2.73. The summed E-state index contributed by atoms with van der Waals surface area (Å²) in [4.78, 5) is 0. The first kappa shape index (κ1) is 8.76. The number of hydrogen-bond acceptors (Lipinski definition) is 1. The minimum absolute atomic E-state index is 0.240. The van der Waals surface area contributed by atoms with Crippen LogP contribution >= 0.6 is 0 Å². The third-order valence-electron chi connectivity index (χ3n) is 1.26. The number of rotatable bonds is 3. The van der Waals surface area contributed by atoms with Crippen molar-refractivity contribution in [2.45, 2.75) is 6.61 Å². The van der Waals surface area contributed by atoms with Crippen LogP contribution in [0.25, 0.3) is 0 Å². The molecule has 0 aromatic heterocycles. The molecule has 0 aliphatic heterocycles. The highest BCUT2D eigenvalue weighted by atomic mass is 19.1. The fourth-order valence-electron chi connectivity index (χ4n) is 0.790. The Morgan fingerprint density at radius 2 is 2.42 bits per heavy atom. The van der Waals surface area contributed by atoms with Gasteiger partial charge in [0.15, 0.2) is 0 Å². The summed E-state index contributed by atoms with van der Waals surface area (Å²) in [6, 6.07) is 7.19. The summed E-state index contributed by atoms with van der Waals surface area (Å²) in [6.07, 6.45) is 4.96. The van der Waals surface area contributed by atoms with Gasteiger partial charge in [0.2, 0.25) is 0 Å². The average molecular weight is 163 g/mol. The van der Waals surface area contributed by atoms with E-state index in [9.17, 15) is 4.39 Å². The Bertz CT molecular complexity index is 288. The summed E-state index contributed by atoms with van der Waals surface area (Å²) < 4.78 is 17.5. The van der Waals surface area contributed by atoms with E-state index >= 15 is 0 Å². The molecule has 2 heteroatoms. The van der Waals surface area contributed by atoms with Crippen LogP contribution in [-0.2, 0) is 11.3 Å². The molecule has 0 spiro atoms. The number of terminal acetylenes is 1. The largest absolute Gasteiger partial charge is 0.364 e. The Morgan fingerprint density at radius 1 is 1.58 bits per heavy atom. The monoisotopic (exact) mass is 163 g/mol. The van der Waals surface area contributed by atoms with E-state index in [-0.39, 0.29) is 12.4 Å². The maximum Gasteiger partial charge on any atom is 0.131 e. The quantitative estimate of drug-likeness (QED) is 0.487. The average Bonchev–Trinajstić information content (AvgIpc) is 2.05. The van der Waals surface area contributed by atoms with Gasteiger partial charge in [-0.15, -0.1) is 6.42 Å². The van der Waals surface area contributed by atoms with E-state index in [1.165, 1.54) is 6.07 Å². The molecular formula is C10H8FO. The van der Waals surface area contributed by atoms with E-state index in [1.807, 2.05) is 0 Å². The molecule has 0 N–H and O–H groups in total. The molecule has 0 saturated carbocycles. The fraction of sp³-hybridized carbons (Fsp3) is 0.200. The van der Waals surface area contributed by atoms with Crippen LogP contribution in [0.15, 0.2) is 18.2 Å². The molecule has 0 saturated heterocycles. The van der Waals surface area contributed by atoms with Crippen LogP contribution in [0.4, 0.5) is 4.39 Å². The molecule has 0 heterocycles. The second-order valence-corrected chi connectivity index (χ2v) is 2.22. The van der Waals surface area contributed by atoms with Crippen molar-refractivity contribution in [2.75, 3.05) is 6.61 Å². The summed E-state index contributed by atoms with van der Waals surface area (Å²) in [5.74, 6) is 1.94. The van der Waals surface area contributed by atoms with Crippen molar-refractivity contribution < 1.29 is 9.13 Å². The Hall–Kier alpha value is -1.33. The van der Waals surface area contributed by atoms with E-state index in [0.717, 1.165) is 0 Å². The zero-order chi connectivity index (χ0) is 8.81. The molecule has 1 aromatic carbocycles. The van der Waals surface area contributed by atoms with Gasteiger partial charge in [0.1, 0.15) is 12.4 Å². The number of hydrogen-bond donors (Lipinski definition) is 0. The first-order chi connectivity index (χ1) is 5.83. The van der Waals surface area contributed by atoms with Gasteiger partial charge in [0, 0.05) is 6.07 Å². The van der Waals surface area contributed by atoms with Gasteiger partial charge in [-0.25, -0.2) is 4.39 Å². The molecule has 0 unspecified atom stereocenters. The molecule has 61 valence electrons. The topological polar surface area (TPSA) is 9.23 Å². The normalized spacial score (nSPS) is 9.33. The number of benzene rings is 1. The van der Waals surface area contributed by atoms with Crippen molar-refractivity contribution >= 4 is 0 Å². The molecule has 1 nitrogen and oxygen atoms in total. The zero-order valence-electron chi connectivity index (χ0n) is 6.51. The minimum atomic E-state index is -0.378. The fourth-order valence-corrected chi connectivity index (χ4v) is 0.790. The molecule has 0 atom stereocenters. The van der Waals surface area contributed by atoms with E-state index in [1.54, 1.807) is 12.1 Å². The van der Waals surface area contributed by atoms with E-state index in [4.69, 9.17) is 11.2 Å². The van der Waals surface area contributed by atoms with Gasteiger partial charge in [0.05, 0.1) is 6.61 Å². The lowest BCUT2D eigenvalue weighted by Crippen LogP contribution is -1.93. The van der Waals surface area contributed by atoms with Crippen LogP contribution in [-0.4, -0.2) is 6.61 Å². The minimum Gasteiger partial charge on any atom is -0.364 e. The van der Waals surface area contributed by atoms with E-state index in [2.05, 4.69) is 12.0 Å². The van der Waals surface area contributed by atoms with Gasteiger partial charge in [-0.2, -0.15) is 0 Å². The zero-order valence-corrected chi connectivity index (χ0v) is 6.51. The van der Waals surface area contributed by atoms with Crippen molar-refractivity contribution in [3.05, 3.63) is 35.6 Å². The summed E-state index contributed by atoms with van der Waals surface area (Å²) >= 11 is 0. The van der Waals surface area contributed by atoms with E-state index < -0.39 is 0 Å². The first-order valence-corrected chi connectivity index (χ1v) is 3.51. The van der Waals surface area contributed by atoms with Crippen molar-refractivity contribution in [1.29, 1.82) is 0 Å². The molecule has 12 heavy (non-hydrogen) atoms. The van der Waals surface area contributed by atoms with E-state index in [0.29, 0.717) is 12.2 Å². The predicted octanol–water partition coefficient (Wildman–Crippen LogP) is 1.78. The van der Waals surface area contributed by atoms with Crippen LogP contribution in [0.5, 0.6) is 0 Å². The van der Waals surface area contributed by atoms with Gasteiger partial charge in [-0.1, -0.05) is 18.1 Å².